The Morgan fingerprint density at radius 2 is 2.25 bits per heavy atom. The number of unbranched alkanes of at least 4 members (excludes halogenated alkanes) is 1. The van der Waals surface area contributed by atoms with Gasteiger partial charge in [-0.15, -0.1) is 0 Å². The van der Waals surface area contributed by atoms with Gasteiger partial charge in [0.25, 0.3) is 0 Å². The van der Waals surface area contributed by atoms with E-state index in [9.17, 15) is 0 Å². The summed E-state index contributed by atoms with van der Waals surface area (Å²) in [4.78, 5) is 0. The molecule has 8 heavy (non-hydrogen) atoms. The number of aliphatic hydroxyl groups excluding tert-OH is 1. The monoisotopic (exact) mass is 116 g/mol. The largest absolute Gasteiger partial charge is 0.396 e. The highest BCUT2D eigenvalue weighted by molar-refractivity contribution is 4.67. The van der Waals surface area contributed by atoms with Crippen molar-refractivity contribution in [3.05, 3.63) is 0 Å². The van der Waals surface area contributed by atoms with E-state index in [1.165, 1.54) is 0 Å². The van der Waals surface area contributed by atoms with Crippen LogP contribution in [0.2, 0.25) is 0 Å². The topological polar surface area (TPSA) is 32.8 Å². The first-order valence-electron chi connectivity index (χ1n) is 3.16. The lowest BCUT2D eigenvalue weighted by atomic mass is 10.2. The molecule has 0 spiro atoms. The summed E-state index contributed by atoms with van der Waals surface area (Å²) < 4.78 is 4.97. The number of epoxide rings is 1. The minimum atomic E-state index is 0.326. The van der Waals surface area contributed by atoms with Gasteiger partial charge in [0.05, 0.1) is 12.7 Å². The molecule has 0 aromatic heterocycles. The van der Waals surface area contributed by atoms with Gasteiger partial charge in [-0.1, -0.05) is 0 Å². The van der Waals surface area contributed by atoms with Crippen LogP contribution in [0.5, 0.6) is 0 Å². The fourth-order valence-corrected chi connectivity index (χ4v) is 0.719. The molecule has 48 valence electrons. The standard InChI is InChI=1S/C6H12O2/c7-4-2-1-3-6-5-8-6/h6-7H,1-5H2. The summed E-state index contributed by atoms with van der Waals surface area (Å²) in [6.07, 6.45) is 3.73. The lowest BCUT2D eigenvalue weighted by Crippen LogP contribution is -1.87. The highest BCUT2D eigenvalue weighted by atomic mass is 16.6. The lowest BCUT2D eigenvalue weighted by Gasteiger charge is -1.90. The van der Waals surface area contributed by atoms with E-state index < -0.39 is 0 Å². The second-order valence-corrected chi connectivity index (χ2v) is 2.17. The Morgan fingerprint density at radius 3 is 2.75 bits per heavy atom. The summed E-state index contributed by atoms with van der Waals surface area (Å²) in [5.74, 6) is 0. The van der Waals surface area contributed by atoms with Crippen molar-refractivity contribution in [3.63, 3.8) is 0 Å². The van der Waals surface area contributed by atoms with Crippen LogP contribution in [0.25, 0.3) is 0 Å². The fraction of sp³-hybridized carbons (Fsp3) is 1.00. The fourth-order valence-electron chi connectivity index (χ4n) is 0.719. The predicted molar refractivity (Wildman–Crippen MR) is 30.7 cm³/mol. The molecule has 1 heterocycles. The minimum absolute atomic E-state index is 0.326. The summed E-state index contributed by atoms with van der Waals surface area (Å²) in [6, 6.07) is 0. The SMILES string of the molecule is OCCCCC1CO1. The first-order valence-corrected chi connectivity index (χ1v) is 3.16. The molecule has 0 amide bonds. The van der Waals surface area contributed by atoms with Crippen molar-refractivity contribution in [2.45, 2.75) is 25.4 Å². The van der Waals surface area contributed by atoms with E-state index in [-0.39, 0.29) is 0 Å². The maximum atomic E-state index is 8.36. The second-order valence-electron chi connectivity index (χ2n) is 2.17. The van der Waals surface area contributed by atoms with Crippen LogP contribution in [0.3, 0.4) is 0 Å². The molecule has 2 heteroatoms. The maximum absolute atomic E-state index is 8.36. The number of aliphatic hydroxyl groups is 1. The van der Waals surface area contributed by atoms with Gasteiger partial charge in [0, 0.05) is 6.61 Å². The normalized spacial score (nSPS) is 25.9. The molecule has 0 aromatic carbocycles. The van der Waals surface area contributed by atoms with Crippen molar-refractivity contribution in [2.24, 2.45) is 0 Å². The van der Waals surface area contributed by atoms with Crippen molar-refractivity contribution in [1.29, 1.82) is 0 Å². The van der Waals surface area contributed by atoms with E-state index in [1.54, 1.807) is 0 Å². The Balaban J connectivity index is 1.74. The van der Waals surface area contributed by atoms with Crippen LogP contribution in [0.4, 0.5) is 0 Å². The first kappa shape index (κ1) is 6.05. The summed E-state index contributed by atoms with van der Waals surface area (Å²) in [7, 11) is 0. The van der Waals surface area contributed by atoms with E-state index in [1.807, 2.05) is 0 Å². The number of hydrogen-bond donors (Lipinski definition) is 1. The molecule has 0 aromatic rings. The van der Waals surface area contributed by atoms with E-state index in [2.05, 4.69) is 0 Å². The van der Waals surface area contributed by atoms with E-state index >= 15 is 0 Å². The molecule has 2 nitrogen and oxygen atoms in total. The Kier molecular flexibility index (Phi) is 2.30. The molecule has 1 unspecified atom stereocenters. The molecule has 0 aliphatic carbocycles. The average Bonchev–Trinajstić information content (AvgIpc) is 2.51. The highest BCUT2D eigenvalue weighted by Crippen LogP contribution is 2.15. The molecule has 1 rings (SSSR count). The van der Waals surface area contributed by atoms with Crippen LogP contribution in [0.1, 0.15) is 19.3 Å². The molecule has 1 saturated heterocycles. The summed E-state index contributed by atoms with van der Waals surface area (Å²) in [5.41, 5.74) is 0. The molecular weight excluding hydrogens is 104 g/mol. The van der Waals surface area contributed by atoms with Gasteiger partial charge < -0.3 is 9.84 Å². The van der Waals surface area contributed by atoms with E-state index in [4.69, 9.17) is 9.84 Å². The Hall–Kier alpha value is -0.0800. The van der Waals surface area contributed by atoms with Gasteiger partial charge in [-0.25, -0.2) is 0 Å². The number of ether oxygens (including phenoxy) is 1. The third-order valence-electron chi connectivity index (χ3n) is 1.34. The molecule has 1 atom stereocenters. The van der Waals surface area contributed by atoms with Gasteiger partial charge in [-0.3, -0.25) is 0 Å². The van der Waals surface area contributed by atoms with Crippen LogP contribution >= 0.6 is 0 Å². The smallest absolute Gasteiger partial charge is 0.0810 e. The molecule has 1 aliphatic rings. The summed E-state index contributed by atoms with van der Waals surface area (Å²) in [6.45, 7) is 1.28. The predicted octanol–water partition coefficient (Wildman–Crippen LogP) is 0.548. The van der Waals surface area contributed by atoms with Gasteiger partial charge in [-0.05, 0) is 19.3 Å². The van der Waals surface area contributed by atoms with Crippen LogP contribution in [-0.4, -0.2) is 24.4 Å². The molecule has 1 aliphatic heterocycles. The van der Waals surface area contributed by atoms with Crippen LogP contribution in [0.15, 0.2) is 0 Å². The molecular formula is C6H12O2. The van der Waals surface area contributed by atoms with Gasteiger partial charge >= 0.3 is 0 Å². The maximum Gasteiger partial charge on any atom is 0.0810 e. The van der Waals surface area contributed by atoms with Crippen LogP contribution in [-0.2, 0) is 4.74 Å². The average molecular weight is 116 g/mol. The third-order valence-corrected chi connectivity index (χ3v) is 1.34. The van der Waals surface area contributed by atoms with Crippen molar-refractivity contribution in [3.8, 4) is 0 Å². The van der Waals surface area contributed by atoms with Gasteiger partial charge in [0.2, 0.25) is 0 Å². The molecule has 1 N–H and O–H groups in total. The second kappa shape index (κ2) is 3.05. The number of rotatable bonds is 4. The molecule has 1 fully saturated rings. The summed E-state index contributed by atoms with van der Waals surface area (Å²) in [5, 5.41) is 8.36. The highest BCUT2D eigenvalue weighted by Gasteiger charge is 2.20. The van der Waals surface area contributed by atoms with E-state index in [0.717, 1.165) is 25.9 Å². The van der Waals surface area contributed by atoms with Gasteiger partial charge in [0.1, 0.15) is 0 Å². The Morgan fingerprint density at radius 1 is 1.50 bits per heavy atom. The Labute approximate surface area is 49.5 Å². The zero-order valence-electron chi connectivity index (χ0n) is 4.97. The van der Waals surface area contributed by atoms with Gasteiger partial charge in [0.15, 0.2) is 0 Å². The summed E-state index contributed by atoms with van der Waals surface area (Å²) >= 11 is 0. The zero-order chi connectivity index (χ0) is 5.82. The molecule has 0 bridgehead atoms. The first-order chi connectivity index (χ1) is 3.93. The quantitative estimate of drug-likeness (QED) is 0.429. The van der Waals surface area contributed by atoms with Crippen molar-refractivity contribution in [2.75, 3.05) is 13.2 Å². The van der Waals surface area contributed by atoms with Crippen LogP contribution in [0, 0.1) is 0 Å². The Bertz CT molecular complexity index is 59.5. The third kappa shape index (κ3) is 2.28. The van der Waals surface area contributed by atoms with Crippen molar-refractivity contribution >= 4 is 0 Å². The molecule has 0 saturated carbocycles. The van der Waals surface area contributed by atoms with E-state index in [0.29, 0.717) is 12.7 Å². The number of hydrogen-bond acceptors (Lipinski definition) is 2. The van der Waals surface area contributed by atoms with Gasteiger partial charge in [-0.2, -0.15) is 0 Å². The van der Waals surface area contributed by atoms with Crippen molar-refractivity contribution in [1.82, 2.24) is 0 Å². The minimum Gasteiger partial charge on any atom is -0.396 e. The lowest BCUT2D eigenvalue weighted by molar-refractivity contribution is 0.279. The van der Waals surface area contributed by atoms with Crippen LogP contribution < -0.4 is 0 Å². The molecule has 0 radical (unpaired) electrons. The zero-order valence-corrected chi connectivity index (χ0v) is 4.97. The van der Waals surface area contributed by atoms with Crippen molar-refractivity contribution < 1.29 is 9.84 Å².